The van der Waals surface area contributed by atoms with Crippen molar-refractivity contribution < 1.29 is 4.79 Å². The maximum atomic E-state index is 10.7. The molecule has 0 N–H and O–H groups in total. The van der Waals surface area contributed by atoms with E-state index in [0.717, 1.165) is 5.69 Å². The summed E-state index contributed by atoms with van der Waals surface area (Å²) in [7, 11) is 1.90. The van der Waals surface area contributed by atoms with Crippen LogP contribution in [0.5, 0.6) is 0 Å². The summed E-state index contributed by atoms with van der Waals surface area (Å²) in [4.78, 5) is 12.6. The van der Waals surface area contributed by atoms with Crippen LogP contribution in [0.1, 0.15) is 65.5 Å². The van der Waals surface area contributed by atoms with E-state index >= 15 is 0 Å². The third-order valence-electron chi connectivity index (χ3n) is 2.82. The van der Waals surface area contributed by atoms with Crippen molar-refractivity contribution in [1.82, 2.24) is 0 Å². The Morgan fingerprint density at radius 3 is 2.05 bits per heavy atom. The van der Waals surface area contributed by atoms with Crippen molar-refractivity contribution in [2.75, 3.05) is 11.9 Å². The van der Waals surface area contributed by atoms with Gasteiger partial charge in [0.2, 0.25) is 0 Å². The summed E-state index contributed by atoms with van der Waals surface area (Å²) in [6.45, 7) is 16.1. The van der Waals surface area contributed by atoms with E-state index in [9.17, 15) is 4.79 Å². The SMILES string of the molecule is CC.CC.CC(=C=O)N(C)c1cc(C)ccc1C(C)C. The predicted octanol–water partition coefficient (Wildman–Crippen LogP) is 5.34. The van der Waals surface area contributed by atoms with Gasteiger partial charge in [-0.15, -0.1) is 0 Å². The van der Waals surface area contributed by atoms with Crippen molar-refractivity contribution in [2.45, 2.75) is 61.3 Å². The van der Waals surface area contributed by atoms with Crippen LogP contribution in [0.25, 0.3) is 0 Å². The molecule has 114 valence electrons. The molecule has 0 atom stereocenters. The molecule has 20 heavy (non-hydrogen) atoms. The molecule has 0 aliphatic carbocycles. The average molecular weight is 277 g/mol. The monoisotopic (exact) mass is 277 g/mol. The molecule has 0 amide bonds. The first-order valence-electron chi connectivity index (χ1n) is 7.53. The molecule has 2 heteroatoms. The van der Waals surface area contributed by atoms with Gasteiger partial charge in [-0.25, -0.2) is 4.79 Å². The quantitative estimate of drug-likeness (QED) is 0.695. The molecule has 0 aliphatic rings. The maximum absolute atomic E-state index is 10.7. The van der Waals surface area contributed by atoms with Gasteiger partial charge in [0.1, 0.15) is 5.94 Å². The van der Waals surface area contributed by atoms with Crippen LogP contribution in [0, 0.1) is 6.92 Å². The third-order valence-corrected chi connectivity index (χ3v) is 2.82. The highest BCUT2D eigenvalue weighted by Crippen LogP contribution is 2.29. The summed E-state index contributed by atoms with van der Waals surface area (Å²) in [5.74, 6) is 2.38. The van der Waals surface area contributed by atoms with Crippen LogP contribution in [0.3, 0.4) is 0 Å². The van der Waals surface area contributed by atoms with E-state index in [1.165, 1.54) is 11.1 Å². The average Bonchev–Trinajstić information content (AvgIpc) is 2.49. The standard InChI is InChI=1S/C14H19NO.2C2H6/c1-10(2)13-7-6-11(3)8-14(13)15(5)12(4)9-16;2*1-2/h6-8,10H,1-5H3;2*1-2H3. The lowest BCUT2D eigenvalue weighted by atomic mass is 9.98. The first-order valence-corrected chi connectivity index (χ1v) is 7.53. The minimum absolute atomic E-state index is 0.442. The highest BCUT2D eigenvalue weighted by molar-refractivity contribution is 5.66. The maximum Gasteiger partial charge on any atom is 0.145 e. The minimum Gasteiger partial charge on any atom is -0.339 e. The third kappa shape index (κ3) is 6.08. The topological polar surface area (TPSA) is 20.3 Å². The van der Waals surface area contributed by atoms with Gasteiger partial charge in [0.15, 0.2) is 0 Å². The smallest absolute Gasteiger partial charge is 0.145 e. The first kappa shape index (κ1) is 20.8. The Labute approximate surface area is 125 Å². The molecule has 0 aromatic heterocycles. The molecule has 1 aromatic carbocycles. The molecule has 0 bridgehead atoms. The molecular weight excluding hydrogens is 246 g/mol. The van der Waals surface area contributed by atoms with Gasteiger partial charge in [0.05, 0.1) is 5.70 Å². The van der Waals surface area contributed by atoms with Crippen LogP contribution in [-0.4, -0.2) is 13.0 Å². The molecule has 0 fully saturated rings. The fraction of sp³-hybridized carbons (Fsp3) is 0.556. The minimum atomic E-state index is 0.442. The van der Waals surface area contributed by atoms with E-state index in [1.807, 2.05) is 45.6 Å². The second kappa shape index (κ2) is 11.3. The number of allylic oxidation sites excluding steroid dienone is 1. The number of hydrogen-bond acceptors (Lipinski definition) is 2. The fourth-order valence-corrected chi connectivity index (χ4v) is 1.68. The van der Waals surface area contributed by atoms with Crippen molar-refractivity contribution in [3.63, 3.8) is 0 Å². The Kier molecular flexibility index (Phi) is 11.8. The molecule has 1 aromatic rings. The summed E-state index contributed by atoms with van der Waals surface area (Å²) >= 11 is 0. The number of rotatable bonds is 3. The number of nitrogens with zero attached hydrogens (tertiary/aromatic N) is 1. The zero-order valence-electron chi connectivity index (χ0n) is 14.7. The van der Waals surface area contributed by atoms with Crippen molar-refractivity contribution in [2.24, 2.45) is 0 Å². The second-order valence-electron chi connectivity index (χ2n) is 4.46. The fourth-order valence-electron chi connectivity index (χ4n) is 1.68. The zero-order chi connectivity index (χ0) is 16.3. The van der Waals surface area contributed by atoms with Crippen molar-refractivity contribution in [3.8, 4) is 0 Å². The largest absolute Gasteiger partial charge is 0.339 e. The van der Waals surface area contributed by atoms with Crippen LogP contribution in [0.2, 0.25) is 0 Å². The van der Waals surface area contributed by atoms with Gasteiger partial charge in [0, 0.05) is 12.7 Å². The highest BCUT2D eigenvalue weighted by Gasteiger charge is 2.12. The summed E-state index contributed by atoms with van der Waals surface area (Å²) in [6, 6.07) is 6.34. The summed E-state index contributed by atoms with van der Waals surface area (Å²) in [5.41, 5.74) is 4.15. The Balaban J connectivity index is 0. The molecule has 0 heterocycles. The Bertz CT molecular complexity index is 429. The Hall–Kier alpha value is -1.53. The number of benzene rings is 1. The molecular formula is C18H31NO. The van der Waals surface area contributed by atoms with Crippen molar-refractivity contribution in [1.29, 1.82) is 0 Å². The molecule has 0 spiro atoms. The van der Waals surface area contributed by atoms with Gasteiger partial charge in [0.25, 0.3) is 0 Å². The van der Waals surface area contributed by atoms with Crippen LogP contribution in [0.4, 0.5) is 5.69 Å². The first-order chi connectivity index (χ1) is 9.47. The van der Waals surface area contributed by atoms with Crippen molar-refractivity contribution >= 4 is 11.6 Å². The van der Waals surface area contributed by atoms with Crippen molar-refractivity contribution in [3.05, 3.63) is 35.0 Å². The molecule has 1 rings (SSSR count). The van der Waals surface area contributed by atoms with Crippen LogP contribution < -0.4 is 4.90 Å². The van der Waals surface area contributed by atoms with Gasteiger partial charge in [-0.2, -0.15) is 0 Å². The molecule has 0 unspecified atom stereocenters. The van der Waals surface area contributed by atoms with Crippen LogP contribution >= 0.6 is 0 Å². The number of carbonyl (C=O) groups excluding carboxylic acids is 1. The van der Waals surface area contributed by atoms with E-state index in [2.05, 4.69) is 39.0 Å². The molecule has 0 saturated carbocycles. The van der Waals surface area contributed by atoms with E-state index in [-0.39, 0.29) is 0 Å². The highest BCUT2D eigenvalue weighted by atomic mass is 16.1. The zero-order valence-corrected chi connectivity index (χ0v) is 14.7. The van der Waals surface area contributed by atoms with Crippen LogP contribution in [0.15, 0.2) is 23.9 Å². The predicted molar refractivity (Wildman–Crippen MR) is 91.2 cm³/mol. The summed E-state index contributed by atoms with van der Waals surface area (Å²) in [6.07, 6.45) is 0. The summed E-state index contributed by atoms with van der Waals surface area (Å²) < 4.78 is 0. The summed E-state index contributed by atoms with van der Waals surface area (Å²) in [5, 5.41) is 0. The van der Waals surface area contributed by atoms with Crippen LogP contribution in [-0.2, 0) is 4.79 Å². The van der Waals surface area contributed by atoms with Gasteiger partial charge in [-0.1, -0.05) is 53.7 Å². The molecule has 0 aliphatic heterocycles. The van der Waals surface area contributed by atoms with E-state index in [0.29, 0.717) is 11.6 Å². The van der Waals surface area contributed by atoms with E-state index in [4.69, 9.17) is 0 Å². The number of anilines is 1. The number of aryl methyl sites for hydroxylation is 1. The lowest BCUT2D eigenvalue weighted by Gasteiger charge is -2.23. The lowest BCUT2D eigenvalue weighted by molar-refractivity contribution is 0.566. The van der Waals surface area contributed by atoms with Gasteiger partial charge < -0.3 is 4.90 Å². The normalized spacial score (nSPS) is 8.70. The van der Waals surface area contributed by atoms with Gasteiger partial charge >= 0.3 is 0 Å². The van der Waals surface area contributed by atoms with Gasteiger partial charge in [-0.3, -0.25) is 0 Å². The molecule has 0 radical (unpaired) electrons. The molecule has 0 saturated heterocycles. The Morgan fingerprint density at radius 1 is 1.15 bits per heavy atom. The van der Waals surface area contributed by atoms with E-state index in [1.54, 1.807) is 6.92 Å². The number of hydrogen-bond donors (Lipinski definition) is 0. The Morgan fingerprint density at radius 2 is 1.65 bits per heavy atom. The molecule has 2 nitrogen and oxygen atoms in total. The second-order valence-corrected chi connectivity index (χ2v) is 4.46. The van der Waals surface area contributed by atoms with Gasteiger partial charge in [-0.05, 0) is 37.0 Å². The lowest BCUT2D eigenvalue weighted by Crippen LogP contribution is -2.17. The van der Waals surface area contributed by atoms with E-state index < -0.39 is 0 Å².